The van der Waals surface area contributed by atoms with Crippen molar-refractivity contribution in [2.24, 2.45) is 0 Å². The Labute approximate surface area is 89.9 Å². The van der Waals surface area contributed by atoms with Gasteiger partial charge in [0.25, 0.3) is 0 Å². The van der Waals surface area contributed by atoms with Gasteiger partial charge in [0.1, 0.15) is 0 Å². The Morgan fingerprint density at radius 1 is 1.40 bits per heavy atom. The average molecular weight is 209 g/mol. The molecule has 0 amide bonds. The normalized spacial score (nSPS) is 15.8. The molecule has 84 valence electrons. The lowest BCUT2D eigenvalue weighted by molar-refractivity contribution is 0.566. The van der Waals surface area contributed by atoms with Crippen LogP contribution in [0.4, 0.5) is 0 Å². The van der Waals surface area contributed by atoms with Crippen molar-refractivity contribution in [3.63, 3.8) is 0 Å². The van der Waals surface area contributed by atoms with Crippen LogP contribution in [0.15, 0.2) is 17.2 Å². The van der Waals surface area contributed by atoms with Crippen molar-refractivity contribution in [2.45, 2.75) is 38.8 Å². The minimum Gasteiger partial charge on any atom is -0.315 e. The third-order valence-corrected chi connectivity index (χ3v) is 2.77. The fraction of sp³-hybridized carbons (Fsp3) is 0.727. The van der Waals surface area contributed by atoms with E-state index in [0.29, 0.717) is 6.04 Å². The molecule has 1 N–H and O–H groups in total. The molecule has 1 fully saturated rings. The zero-order valence-electron chi connectivity index (χ0n) is 9.28. The summed E-state index contributed by atoms with van der Waals surface area (Å²) >= 11 is 0. The second kappa shape index (κ2) is 4.66. The molecule has 0 spiro atoms. The summed E-state index contributed by atoms with van der Waals surface area (Å²) in [6, 6.07) is 0.488. The maximum atomic E-state index is 11.8. The highest BCUT2D eigenvalue weighted by molar-refractivity contribution is 4.91. The molecule has 1 saturated carbocycles. The Balaban J connectivity index is 1.88. The van der Waals surface area contributed by atoms with Gasteiger partial charge < -0.3 is 5.32 Å². The fourth-order valence-corrected chi connectivity index (χ4v) is 1.73. The highest BCUT2D eigenvalue weighted by atomic mass is 16.1. The van der Waals surface area contributed by atoms with E-state index in [1.807, 2.05) is 17.0 Å². The van der Waals surface area contributed by atoms with Crippen LogP contribution in [0.2, 0.25) is 0 Å². The van der Waals surface area contributed by atoms with Gasteiger partial charge in [-0.15, -0.1) is 0 Å². The van der Waals surface area contributed by atoms with E-state index in [9.17, 15) is 4.79 Å². The number of nitrogens with zero attached hydrogens (tertiary/aromatic N) is 2. The summed E-state index contributed by atoms with van der Waals surface area (Å²) in [4.78, 5) is 11.8. The molecule has 0 radical (unpaired) electrons. The van der Waals surface area contributed by atoms with Crippen LogP contribution in [0.3, 0.4) is 0 Å². The number of hydrogen-bond acceptors (Lipinski definition) is 2. The van der Waals surface area contributed by atoms with E-state index in [1.165, 1.54) is 0 Å². The van der Waals surface area contributed by atoms with E-state index in [1.54, 1.807) is 4.57 Å². The van der Waals surface area contributed by atoms with Gasteiger partial charge in [-0.3, -0.25) is 9.13 Å². The Bertz CT molecular complexity index is 362. The fourth-order valence-electron chi connectivity index (χ4n) is 1.73. The second-order valence-electron chi connectivity index (χ2n) is 4.16. The molecule has 1 aliphatic rings. The number of aromatic nitrogens is 2. The minimum absolute atomic E-state index is 0.149. The summed E-state index contributed by atoms with van der Waals surface area (Å²) < 4.78 is 3.65. The first-order valence-electron chi connectivity index (χ1n) is 5.81. The topological polar surface area (TPSA) is 39.0 Å². The number of rotatable bonds is 6. The van der Waals surface area contributed by atoms with Crippen LogP contribution < -0.4 is 11.0 Å². The summed E-state index contributed by atoms with van der Waals surface area (Å²) in [5.41, 5.74) is 0.149. The van der Waals surface area contributed by atoms with Gasteiger partial charge in [0.2, 0.25) is 0 Å². The van der Waals surface area contributed by atoms with Gasteiger partial charge in [0.15, 0.2) is 0 Å². The van der Waals surface area contributed by atoms with Crippen LogP contribution in [0, 0.1) is 0 Å². The number of nitrogens with one attached hydrogen (secondary N) is 1. The van der Waals surface area contributed by atoms with Crippen molar-refractivity contribution in [1.82, 2.24) is 14.5 Å². The lowest BCUT2D eigenvalue weighted by Gasteiger charge is -2.03. The molecule has 4 nitrogen and oxygen atoms in total. The number of imidazole rings is 1. The SMILES string of the molecule is CCCNCCn1ccn(C2CC2)c1=O. The molecule has 15 heavy (non-hydrogen) atoms. The van der Waals surface area contributed by atoms with Crippen LogP contribution in [0.1, 0.15) is 32.2 Å². The van der Waals surface area contributed by atoms with Gasteiger partial charge in [-0.25, -0.2) is 4.79 Å². The first-order chi connectivity index (χ1) is 7.33. The minimum atomic E-state index is 0.149. The quantitative estimate of drug-likeness (QED) is 0.709. The Morgan fingerprint density at radius 3 is 2.87 bits per heavy atom. The Kier molecular flexibility index (Phi) is 3.26. The van der Waals surface area contributed by atoms with Gasteiger partial charge in [-0.2, -0.15) is 0 Å². The Hall–Kier alpha value is -1.03. The largest absolute Gasteiger partial charge is 0.328 e. The average Bonchev–Trinajstić information content (AvgIpc) is 3.00. The lowest BCUT2D eigenvalue weighted by atomic mass is 10.5. The molecule has 0 aromatic carbocycles. The van der Waals surface area contributed by atoms with E-state index in [4.69, 9.17) is 0 Å². The molecule has 2 rings (SSSR count). The smallest absolute Gasteiger partial charge is 0.315 e. The second-order valence-corrected chi connectivity index (χ2v) is 4.16. The molecule has 1 aromatic rings. The van der Waals surface area contributed by atoms with E-state index in [2.05, 4.69) is 12.2 Å². The predicted molar refractivity (Wildman–Crippen MR) is 60.1 cm³/mol. The van der Waals surface area contributed by atoms with E-state index in [-0.39, 0.29) is 5.69 Å². The van der Waals surface area contributed by atoms with E-state index < -0.39 is 0 Å². The van der Waals surface area contributed by atoms with E-state index >= 15 is 0 Å². The molecule has 1 aliphatic carbocycles. The van der Waals surface area contributed by atoms with Crippen LogP contribution >= 0.6 is 0 Å². The molecule has 1 heterocycles. The Morgan fingerprint density at radius 2 is 2.20 bits per heavy atom. The first kappa shape index (κ1) is 10.5. The monoisotopic (exact) mass is 209 g/mol. The van der Waals surface area contributed by atoms with Gasteiger partial charge in [-0.05, 0) is 25.8 Å². The molecule has 0 saturated heterocycles. The van der Waals surface area contributed by atoms with Crippen molar-refractivity contribution < 1.29 is 0 Å². The zero-order valence-corrected chi connectivity index (χ0v) is 9.28. The summed E-state index contributed by atoms with van der Waals surface area (Å²) in [5.74, 6) is 0. The van der Waals surface area contributed by atoms with Crippen LogP contribution in [-0.2, 0) is 6.54 Å². The van der Waals surface area contributed by atoms with Crippen molar-refractivity contribution in [1.29, 1.82) is 0 Å². The lowest BCUT2D eigenvalue weighted by Crippen LogP contribution is -2.28. The molecule has 0 unspecified atom stereocenters. The van der Waals surface area contributed by atoms with Crippen molar-refractivity contribution in [2.75, 3.05) is 13.1 Å². The summed E-state index contributed by atoms with van der Waals surface area (Å²) in [6.45, 7) is 4.82. The molecule has 1 aromatic heterocycles. The highest BCUT2D eigenvalue weighted by Gasteiger charge is 2.25. The molecule has 0 aliphatic heterocycles. The van der Waals surface area contributed by atoms with Gasteiger partial charge in [0.05, 0.1) is 0 Å². The maximum absolute atomic E-state index is 11.8. The summed E-state index contributed by atoms with van der Waals surface area (Å²) in [7, 11) is 0. The third-order valence-electron chi connectivity index (χ3n) is 2.77. The maximum Gasteiger partial charge on any atom is 0.328 e. The molecular weight excluding hydrogens is 190 g/mol. The van der Waals surface area contributed by atoms with Crippen molar-refractivity contribution >= 4 is 0 Å². The highest BCUT2D eigenvalue weighted by Crippen LogP contribution is 2.33. The summed E-state index contributed by atoms with van der Waals surface area (Å²) in [6.07, 6.45) is 7.28. The van der Waals surface area contributed by atoms with Crippen molar-refractivity contribution in [3.05, 3.63) is 22.9 Å². The van der Waals surface area contributed by atoms with Crippen molar-refractivity contribution in [3.8, 4) is 0 Å². The molecule has 0 bridgehead atoms. The van der Waals surface area contributed by atoms with Gasteiger partial charge in [-0.1, -0.05) is 6.92 Å². The van der Waals surface area contributed by atoms with Gasteiger partial charge in [0, 0.05) is 31.5 Å². The zero-order chi connectivity index (χ0) is 10.7. The standard InChI is InChI=1S/C11H19N3O/c1-2-5-12-6-7-13-8-9-14(11(13)15)10-3-4-10/h8-10,12H,2-7H2,1H3. The van der Waals surface area contributed by atoms with Gasteiger partial charge >= 0.3 is 5.69 Å². The van der Waals surface area contributed by atoms with Crippen LogP contribution in [0.25, 0.3) is 0 Å². The van der Waals surface area contributed by atoms with Crippen LogP contribution in [-0.4, -0.2) is 22.2 Å². The molecule has 4 heteroatoms. The summed E-state index contributed by atoms with van der Waals surface area (Å²) in [5, 5.41) is 3.30. The van der Waals surface area contributed by atoms with Crippen LogP contribution in [0.5, 0.6) is 0 Å². The third kappa shape index (κ3) is 2.50. The number of hydrogen-bond donors (Lipinski definition) is 1. The predicted octanol–water partition coefficient (Wildman–Crippen LogP) is 0.984. The molecular formula is C11H19N3O. The molecule has 0 atom stereocenters. The van der Waals surface area contributed by atoms with E-state index in [0.717, 1.165) is 38.9 Å². The first-order valence-corrected chi connectivity index (χ1v) is 5.81.